The number of benzene rings is 1. The second-order valence-electron chi connectivity index (χ2n) is 2.74. The van der Waals surface area contributed by atoms with Gasteiger partial charge in [-0.2, -0.15) is 0 Å². The van der Waals surface area contributed by atoms with E-state index in [1.165, 1.54) is 0 Å². The molecule has 0 aliphatic heterocycles. The Morgan fingerprint density at radius 1 is 1.46 bits per heavy atom. The first-order valence-corrected chi connectivity index (χ1v) is 5.76. The Balaban J connectivity index is 3.02. The van der Waals surface area contributed by atoms with E-state index in [0.717, 1.165) is 0 Å². The average Bonchev–Trinajstić information content (AvgIpc) is 2.05. The lowest BCUT2D eigenvalue weighted by molar-refractivity contribution is 0.672. The standard InChI is InChI=1S/C9H14N2OS/c1-3-11-13(2,12)9-6-4-8(10)5-7-9/h4-7H,2-3,10H2,1H3,(H,11,12). The molecule has 13 heavy (non-hydrogen) atoms. The lowest BCUT2D eigenvalue weighted by Crippen LogP contribution is -2.22. The summed E-state index contributed by atoms with van der Waals surface area (Å²) in [4.78, 5) is 0.684. The van der Waals surface area contributed by atoms with Gasteiger partial charge in [-0.3, -0.25) is 0 Å². The number of rotatable bonds is 3. The number of hydrogen-bond acceptors (Lipinski definition) is 2. The summed E-state index contributed by atoms with van der Waals surface area (Å²) < 4.78 is 14.7. The van der Waals surface area contributed by atoms with E-state index >= 15 is 0 Å². The minimum Gasteiger partial charge on any atom is -0.399 e. The summed E-state index contributed by atoms with van der Waals surface area (Å²) in [5.74, 6) is 3.64. The summed E-state index contributed by atoms with van der Waals surface area (Å²) in [7, 11) is -2.33. The summed E-state index contributed by atoms with van der Waals surface area (Å²) in [5, 5.41) is 0. The van der Waals surface area contributed by atoms with Gasteiger partial charge >= 0.3 is 0 Å². The van der Waals surface area contributed by atoms with Crippen molar-refractivity contribution in [2.24, 2.45) is 0 Å². The molecule has 0 saturated heterocycles. The Labute approximate surface area is 79.1 Å². The summed E-state index contributed by atoms with van der Waals surface area (Å²) in [6.07, 6.45) is 0. The Morgan fingerprint density at radius 2 is 2.00 bits per heavy atom. The van der Waals surface area contributed by atoms with Crippen LogP contribution in [-0.4, -0.2) is 16.6 Å². The molecule has 0 fully saturated rings. The van der Waals surface area contributed by atoms with Crippen molar-refractivity contribution in [1.29, 1.82) is 0 Å². The van der Waals surface area contributed by atoms with E-state index in [1.54, 1.807) is 24.3 Å². The lowest BCUT2D eigenvalue weighted by Gasteiger charge is -2.09. The number of hydrogen-bond donors (Lipinski definition) is 2. The van der Waals surface area contributed by atoms with Gasteiger partial charge in [0.15, 0.2) is 0 Å². The normalized spacial score (nSPS) is 15.2. The average molecular weight is 198 g/mol. The maximum atomic E-state index is 11.8. The molecule has 0 spiro atoms. The van der Waals surface area contributed by atoms with Crippen molar-refractivity contribution in [3.8, 4) is 0 Å². The van der Waals surface area contributed by atoms with Crippen molar-refractivity contribution >= 4 is 21.3 Å². The summed E-state index contributed by atoms with van der Waals surface area (Å²) in [6, 6.07) is 6.90. The molecule has 1 unspecified atom stereocenters. The third-order valence-electron chi connectivity index (χ3n) is 1.64. The van der Waals surface area contributed by atoms with Crippen LogP contribution >= 0.6 is 0 Å². The molecule has 0 bridgehead atoms. The molecule has 0 saturated carbocycles. The Bertz CT molecular complexity index is 367. The number of nitrogens with two attached hydrogens (primary N) is 1. The van der Waals surface area contributed by atoms with Gasteiger partial charge < -0.3 is 5.73 Å². The summed E-state index contributed by atoms with van der Waals surface area (Å²) in [5.41, 5.74) is 6.17. The molecule has 1 aromatic carbocycles. The zero-order valence-electron chi connectivity index (χ0n) is 7.62. The van der Waals surface area contributed by atoms with Crippen molar-refractivity contribution in [2.45, 2.75) is 11.8 Å². The molecule has 0 aliphatic carbocycles. The van der Waals surface area contributed by atoms with Gasteiger partial charge in [-0.1, -0.05) is 6.92 Å². The topological polar surface area (TPSA) is 55.1 Å². The van der Waals surface area contributed by atoms with Crippen molar-refractivity contribution < 1.29 is 4.21 Å². The van der Waals surface area contributed by atoms with E-state index in [0.29, 0.717) is 17.1 Å². The monoisotopic (exact) mass is 198 g/mol. The van der Waals surface area contributed by atoms with Gasteiger partial charge in [-0.25, -0.2) is 8.93 Å². The molecular formula is C9H14N2OS. The molecule has 1 aromatic rings. The molecule has 0 aromatic heterocycles. The van der Waals surface area contributed by atoms with Crippen molar-refractivity contribution in [2.75, 3.05) is 12.3 Å². The minimum atomic E-state index is -2.33. The Kier molecular flexibility index (Phi) is 2.95. The van der Waals surface area contributed by atoms with Crippen molar-refractivity contribution in [1.82, 2.24) is 4.72 Å². The third kappa shape index (κ3) is 2.47. The van der Waals surface area contributed by atoms with E-state index in [4.69, 9.17) is 5.73 Å². The van der Waals surface area contributed by atoms with Gasteiger partial charge in [-0.15, -0.1) is 0 Å². The molecule has 0 aliphatic rings. The van der Waals surface area contributed by atoms with E-state index in [9.17, 15) is 4.21 Å². The predicted molar refractivity (Wildman–Crippen MR) is 58.1 cm³/mol. The zero-order chi connectivity index (χ0) is 9.90. The van der Waals surface area contributed by atoms with E-state index in [2.05, 4.69) is 10.6 Å². The molecule has 4 heteroatoms. The molecule has 0 radical (unpaired) electrons. The van der Waals surface area contributed by atoms with E-state index < -0.39 is 9.71 Å². The molecule has 3 N–H and O–H groups in total. The van der Waals surface area contributed by atoms with Crippen LogP contribution in [0.5, 0.6) is 0 Å². The Hall–Kier alpha value is -1.00. The van der Waals surface area contributed by atoms with Crippen LogP contribution in [0.2, 0.25) is 0 Å². The van der Waals surface area contributed by atoms with Crippen molar-refractivity contribution in [3.63, 3.8) is 0 Å². The molecule has 1 atom stereocenters. The maximum absolute atomic E-state index is 11.8. The van der Waals surface area contributed by atoms with Crippen molar-refractivity contribution in [3.05, 3.63) is 24.3 Å². The zero-order valence-corrected chi connectivity index (χ0v) is 8.43. The maximum Gasteiger partial charge on any atom is 0.0533 e. The summed E-state index contributed by atoms with van der Waals surface area (Å²) >= 11 is 0. The van der Waals surface area contributed by atoms with E-state index in [1.807, 2.05) is 6.92 Å². The van der Waals surface area contributed by atoms with Gasteiger partial charge in [0.25, 0.3) is 0 Å². The van der Waals surface area contributed by atoms with Crippen LogP contribution < -0.4 is 10.5 Å². The molecule has 0 heterocycles. The number of nitrogen functional groups attached to an aromatic ring is 1. The predicted octanol–water partition coefficient (Wildman–Crippen LogP) is 0.869. The van der Waals surface area contributed by atoms with Gasteiger partial charge in [0.2, 0.25) is 0 Å². The fourth-order valence-electron chi connectivity index (χ4n) is 1.00. The first-order chi connectivity index (χ1) is 6.06. The van der Waals surface area contributed by atoms with Gasteiger partial charge in [0.05, 0.1) is 9.71 Å². The lowest BCUT2D eigenvalue weighted by atomic mass is 10.3. The highest BCUT2D eigenvalue weighted by Crippen LogP contribution is 2.10. The fourth-order valence-corrected chi connectivity index (χ4v) is 2.21. The summed E-state index contributed by atoms with van der Waals surface area (Å²) in [6.45, 7) is 2.52. The molecule has 0 amide bonds. The highest BCUT2D eigenvalue weighted by molar-refractivity contribution is 7.98. The second kappa shape index (κ2) is 3.81. The highest BCUT2D eigenvalue weighted by atomic mass is 32.2. The van der Waals surface area contributed by atoms with Crippen LogP contribution in [0.4, 0.5) is 5.69 Å². The van der Waals surface area contributed by atoms with Crippen LogP contribution in [0.3, 0.4) is 0 Å². The molecule has 1 rings (SSSR count). The second-order valence-corrected chi connectivity index (χ2v) is 4.85. The minimum absolute atomic E-state index is 0.632. The fraction of sp³-hybridized carbons (Fsp3) is 0.222. The van der Waals surface area contributed by atoms with Crippen LogP contribution in [-0.2, 0) is 9.71 Å². The Morgan fingerprint density at radius 3 is 2.46 bits per heavy atom. The van der Waals surface area contributed by atoms with Crippen LogP contribution in [0.25, 0.3) is 0 Å². The SMILES string of the molecule is C=S(=O)(NCC)c1ccc(N)cc1. The quantitative estimate of drug-likeness (QED) is 0.559. The first-order valence-electron chi connectivity index (χ1n) is 4.03. The van der Waals surface area contributed by atoms with Gasteiger partial charge in [-0.05, 0) is 30.1 Å². The van der Waals surface area contributed by atoms with Gasteiger partial charge in [0, 0.05) is 17.1 Å². The third-order valence-corrected chi connectivity index (χ3v) is 3.43. The number of nitrogens with one attached hydrogen (secondary N) is 1. The largest absolute Gasteiger partial charge is 0.399 e. The van der Waals surface area contributed by atoms with Crippen LogP contribution in [0.15, 0.2) is 29.2 Å². The van der Waals surface area contributed by atoms with Gasteiger partial charge in [0.1, 0.15) is 0 Å². The molecular weight excluding hydrogens is 184 g/mol. The smallest absolute Gasteiger partial charge is 0.0533 e. The molecule has 72 valence electrons. The van der Waals surface area contributed by atoms with Crippen LogP contribution in [0.1, 0.15) is 6.92 Å². The van der Waals surface area contributed by atoms with Crippen LogP contribution in [0, 0.1) is 0 Å². The van der Waals surface area contributed by atoms with E-state index in [-0.39, 0.29) is 0 Å². The highest BCUT2D eigenvalue weighted by Gasteiger charge is 2.04. The number of anilines is 1. The first kappa shape index (κ1) is 10.1. The molecule has 3 nitrogen and oxygen atoms in total.